The first-order chi connectivity index (χ1) is 26.7. The van der Waals surface area contributed by atoms with Gasteiger partial charge in [-0.25, -0.2) is 14.4 Å². The molecule has 0 atom stereocenters. The van der Waals surface area contributed by atoms with E-state index in [9.17, 15) is 35.9 Å². The number of hydrogen-bond donors (Lipinski definition) is 4. The van der Waals surface area contributed by atoms with Crippen LogP contribution < -0.4 is 11.1 Å². The van der Waals surface area contributed by atoms with E-state index < -0.39 is 30.2 Å². The smallest absolute Gasteiger partial charge is 0.475 e. The number of urea groups is 1. The summed E-state index contributed by atoms with van der Waals surface area (Å²) >= 11 is 6.71. The van der Waals surface area contributed by atoms with Crippen LogP contribution in [0.1, 0.15) is 32.9 Å². The molecule has 0 bridgehead atoms. The molecule has 20 heteroatoms. The number of fused-ring (bicyclic) bond motifs is 2. The summed E-state index contributed by atoms with van der Waals surface area (Å²) in [6.07, 6.45) is -4.76. The number of anilines is 1. The number of carboxylic acid groups (broad SMARTS) is 2. The average molecular weight is 824 g/mol. The fourth-order valence-corrected chi connectivity index (χ4v) is 6.25. The lowest BCUT2D eigenvalue weighted by molar-refractivity contribution is -0.193. The maximum Gasteiger partial charge on any atom is 0.490 e. The molecule has 0 radical (unpaired) electrons. The summed E-state index contributed by atoms with van der Waals surface area (Å²) in [6.45, 7) is 2.27. The van der Waals surface area contributed by atoms with Crippen LogP contribution in [0, 0.1) is 0 Å². The van der Waals surface area contributed by atoms with Crippen molar-refractivity contribution in [1.29, 1.82) is 0 Å². The fourth-order valence-electron chi connectivity index (χ4n) is 5.84. The number of rotatable bonds is 8. The molecule has 1 aliphatic rings. The molecule has 0 saturated heterocycles. The molecule has 0 saturated carbocycles. The average Bonchev–Trinajstić information content (AvgIpc) is 3.63. The van der Waals surface area contributed by atoms with Gasteiger partial charge in [0.05, 0.1) is 24.3 Å². The second kappa shape index (κ2) is 18.2. The lowest BCUT2D eigenvalue weighted by Gasteiger charge is -2.28. The van der Waals surface area contributed by atoms with Crippen molar-refractivity contribution >= 4 is 52.1 Å². The number of nitrogens with two attached hydrogens (primary N) is 1. The number of carbonyl (C=O) groups is 4. The first-order valence-corrected chi connectivity index (χ1v) is 17.2. The Morgan fingerprint density at radius 3 is 2.09 bits per heavy atom. The number of aromatic nitrogens is 3. The Morgan fingerprint density at radius 1 is 0.930 bits per heavy atom. The van der Waals surface area contributed by atoms with Crippen LogP contribution in [0.3, 0.4) is 0 Å². The molecule has 0 spiro atoms. The van der Waals surface area contributed by atoms with E-state index in [1.54, 1.807) is 4.90 Å². The van der Waals surface area contributed by atoms with E-state index in [1.165, 1.54) is 5.56 Å². The molecular weight excluding hydrogens is 788 g/mol. The normalized spacial score (nSPS) is 12.6. The highest BCUT2D eigenvalue weighted by atomic mass is 35.5. The van der Waals surface area contributed by atoms with Crippen LogP contribution in [0.25, 0.3) is 16.6 Å². The third kappa shape index (κ3) is 11.3. The number of hydrogen-bond acceptors (Lipinski definition) is 6. The highest BCUT2D eigenvalue weighted by Gasteiger charge is 2.39. The Hall–Kier alpha value is -6.08. The van der Waals surface area contributed by atoms with Gasteiger partial charge < -0.3 is 40.2 Å². The molecule has 4 heterocycles. The number of alkyl halides is 6. The molecule has 1 aliphatic heterocycles. The number of primary amides is 1. The summed E-state index contributed by atoms with van der Waals surface area (Å²) in [6, 6.07) is 21.3. The van der Waals surface area contributed by atoms with Gasteiger partial charge in [0.2, 0.25) is 0 Å². The lowest BCUT2D eigenvalue weighted by atomic mass is 10.0. The van der Waals surface area contributed by atoms with E-state index in [0.717, 1.165) is 40.9 Å². The number of halogens is 7. The molecule has 13 nitrogen and oxygen atoms in total. The monoisotopic (exact) mass is 823 g/mol. The van der Waals surface area contributed by atoms with Crippen LogP contribution in [-0.4, -0.2) is 97.5 Å². The van der Waals surface area contributed by atoms with Crippen molar-refractivity contribution < 1.29 is 55.7 Å². The summed E-state index contributed by atoms with van der Waals surface area (Å²) in [5.74, 6) is -6.12. The predicted octanol–water partition coefficient (Wildman–Crippen LogP) is 6.59. The van der Waals surface area contributed by atoms with E-state index in [0.29, 0.717) is 30.8 Å². The maximum absolute atomic E-state index is 13.5. The van der Waals surface area contributed by atoms with Gasteiger partial charge in [0.1, 0.15) is 5.15 Å². The molecule has 57 heavy (non-hydrogen) atoms. The first-order valence-electron chi connectivity index (χ1n) is 16.8. The minimum absolute atomic E-state index is 0.232. The van der Waals surface area contributed by atoms with Gasteiger partial charge in [-0.1, -0.05) is 35.9 Å². The van der Waals surface area contributed by atoms with Crippen molar-refractivity contribution in [3.63, 3.8) is 0 Å². The lowest BCUT2D eigenvalue weighted by Crippen LogP contribution is -2.39. The highest BCUT2D eigenvalue weighted by Crippen LogP contribution is 2.35. The third-order valence-electron chi connectivity index (χ3n) is 8.42. The Bertz CT molecular complexity index is 2200. The van der Waals surface area contributed by atoms with Gasteiger partial charge in [-0.15, -0.1) is 0 Å². The van der Waals surface area contributed by atoms with E-state index in [4.69, 9.17) is 37.1 Å². The second-order valence-electron chi connectivity index (χ2n) is 12.7. The SMILES string of the molecule is CN(C)CCc1cn(Cc2ccccn2)c2ccc(NC(=O)N3CCc4c(c(C(N)=O)c(Cl)n4-c4ccccc4)C3)cc12.O=C(O)C(F)(F)F.O=C(O)C(F)(F)F. The summed E-state index contributed by atoms with van der Waals surface area (Å²) < 4.78 is 67.6. The summed E-state index contributed by atoms with van der Waals surface area (Å²) in [4.78, 5) is 52.2. The van der Waals surface area contributed by atoms with E-state index in [2.05, 4.69) is 40.1 Å². The highest BCUT2D eigenvalue weighted by molar-refractivity contribution is 6.33. The summed E-state index contributed by atoms with van der Waals surface area (Å²) in [5.41, 5.74) is 12.5. The quantitative estimate of drug-likeness (QED) is 0.127. The van der Waals surface area contributed by atoms with Crippen LogP contribution in [0.5, 0.6) is 0 Å². The van der Waals surface area contributed by atoms with Crippen molar-refractivity contribution in [3.05, 3.63) is 112 Å². The van der Waals surface area contributed by atoms with Gasteiger partial charge in [0.25, 0.3) is 5.91 Å². The Labute approximate surface area is 325 Å². The molecule has 0 unspecified atom stereocenters. The van der Waals surface area contributed by atoms with Gasteiger partial charge >= 0.3 is 30.3 Å². The molecule has 0 fully saturated rings. The molecule has 304 valence electrons. The van der Waals surface area contributed by atoms with Gasteiger partial charge in [0.15, 0.2) is 0 Å². The van der Waals surface area contributed by atoms with Crippen LogP contribution in [0.4, 0.5) is 36.8 Å². The summed E-state index contributed by atoms with van der Waals surface area (Å²) in [7, 11) is 4.13. The Kier molecular flexibility index (Phi) is 14.0. The third-order valence-corrected chi connectivity index (χ3v) is 8.78. The number of nitrogens with one attached hydrogen (secondary N) is 1. The molecular formula is C37H36ClF6N7O6. The number of pyridine rings is 1. The van der Waals surface area contributed by atoms with Gasteiger partial charge in [-0.3, -0.25) is 9.78 Å². The molecule has 6 rings (SSSR count). The van der Waals surface area contributed by atoms with Gasteiger partial charge in [0, 0.05) is 65.4 Å². The number of nitrogens with zero attached hydrogens (tertiary/aromatic N) is 5. The second-order valence-corrected chi connectivity index (χ2v) is 13.1. The first kappa shape index (κ1) is 43.6. The van der Waals surface area contributed by atoms with Crippen molar-refractivity contribution in [1.82, 2.24) is 23.9 Å². The molecule has 3 amide bonds. The number of likely N-dealkylation sites (N-methyl/N-ethyl adjacent to an activating group) is 1. The summed E-state index contributed by atoms with van der Waals surface area (Å²) in [5, 5.41) is 18.7. The Morgan fingerprint density at radius 2 is 1.54 bits per heavy atom. The number of carboxylic acids is 2. The van der Waals surface area contributed by atoms with Crippen LogP contribution in [-0.2, 0) is 35.5 Å². The zero-order valence-corrected chi connectivity index (χ0v) is 31.0. The minimum Gasteiger partial charge on any atom is -0.475 e. The maximum atomic E-state index is 13.5. The fraction of sp³-hybridized carbons (Fsp3) is 0.270. The number of aliphatic carboxylic acids is 2. The number of para-hydroxylation sites is 1. The number of carbonyl (C=O) groups excluding carboxylic acids is 2. The van der Waals surface area contributed by atoms with Crippen molar-refractivity contribution in [2.45, 2.75) is 38.3 Å². The van der Waals surface area contributed by atoms with Gasteiger partial charge in [-0.2, -0.15) is 26.3 Å². The van der Waals surface area contributed by atoms with Crippen molar-refractivity contribution in [2.24, 2.45) is 5.73 Å². The molecule has 0 aliphatic carbocycles. The van der Waals surface area contributed by atoms with Crippen LogP contribution in [0.2, 0.25) is 5.15 Å². The minimum atomic E-state index is -5.08. The number of benzene rings is 2. The topological polar surface area (TPSA) is 176 Å². The zero-order valence-electron chi connectivity index (χ0n) is 30.2. The van der Waals surface area contributed by atoms with Gasteiger partial charge in [-0.05, 0) is 68.5 Å². The van der Waals surface area contributed by atoms with E-state index in [-0.39, 0.29) is 23.3 Å². The van der Waals surface area contributed by atoms with E-state index >= 15 is 0 Å². The van der Waals surface area contributed by atoms with E-state index in [1.807, 2.05) is 77.5 Å². The van der Waals surface area contributed by atoms with Crippen LogP contribution in [0.15, 0.2) is 79.1 Å². The standard InChI is InChI=1S/C33H34ClN7O2.2C2HF3O2/c1-38(2)16-13-22-19-40(20-24-8-6-7-15-36-24)28-12-11-23(18-26(22)28)37-33(43)39-17-14-29-27(21-39)30(32(35)42)31(34)41(29)25-9-4-3-5-10-25;2*3-2(4,5)1(6)7/h3-12,15,18-19H,13-14,16-17,20-21H2,1-2H3,(H2,35,42)(H,37,43);2*(H,6,7). The van der Waals surface area contributed by atoms with Crippen molar-refractivity contribution in [2.75, 3.05) is 32.5 Å². The van der Waals surface area contributed by atoms with Crippen molar-refractivity contribution in [3.8, 4) is 5.69 Å². The number of amides is 3. The predicted molar refractivity (Wildman–Crippen MR) is 197 cm³/mol. The molecule has 2 aromatic carbocycles. The molecule has 5 N–H and O–H groups in total. The largest absolute Gasteiger partial charge is 0.490 e. The van der Waals surface area contributed by atoms with Crippen LogP contribution >= 0.6 is 11.6 Å². The molecule has 5 aromatic rings. The Balaban J connectivity index is 0.000000440. The molecule has 3 aromatic heterocycles. The zero-order chi connectivity index (χ0) is 42.2.